The molecule has 0 spiro atoms. The second-order valence-electron chi connectivity index (χ2n) is 3.24. The van der Waals surface area contributed by atoms with Crippen LogP contribution in [0.15, 0.2) is 0 Å². The van der Waals surface area contributed by atoms with Crippen LogP contribution in [0.2, 0.25) is 0 Å². The molecule has 0 aliphatic heterocycles. The average Bonchev–Trinajstić information content (AvgIpc) is 1.95. The fourth-order valence-corrected chi connectivity index (χ4v) is 1.39. The Bertz CT molecular complexity index is 211. The van der Waals surface area contributed by atoms with Crippen LogP contribution in [0.5, 0.6) is 0 Å². The van der Waals surface area contributed by atoms with E-state index < -0.39 is 30.6 Å². The van der Waals surface area contributed by atoms with Crippen LogP contribution in [-0.2, 0) is 4.74 Å². The SMILES string of the molecule is NC(=O)O[C@H]1CC(F)(F)CC[C@H]1N. The summed E-state index contributed by atoms with van der Waals surface area (Å²) in [5.74, 6) is -2.80. The van der Waals surface area contributed by atoms with Gasteiger partial charge in [-0.15, -0.1) is 0 Å². The summed E-state index contributed by atoms with van der Waals surface area (Å²) in [6.07, 6.45) is -2.66. The molecule has 1 amide bonds. The van der Waals surface area contributed by atoms with E-state index >= 15 is 0 Å². The first-order valence-electron chi connectivity index (χ1n) is 4.00. The Balaban J connectivity index is 2.55. The van der Waals surface area contributed by atoms with Crippen LogP contribution >= 0.6 is 0 Å². The third-order valence-electron chi connectivity index (χ3n) is 2.09. The number of rotatable bonds is 1. The minimum Gasteiger partial charge on any atom is -0.445 e. The second-order valence-corrected chi connectivity index (χ2v) is 3.24. The molecule has 0 aromatic rings. The van der Waals surface area contributed by atoms with Gasteiger partial charge in [-0.1, -0.05) is 0 Å². The molecular formula is C7H12F2N2O2. The topological polar surface area (TPSA) is 78.3 Å². The van der Waals surface area contributed by atoms with Gasteiger partial charge in [0, 0.05) is 18.9 Å². The molecule has 0 radical (unpaired) electrons. The molecule has 1 fully saturated rings. The summed E-state index contributed by atoms with van der Waals surface area (Å²) in [5, 5.41) is 0. The second kappa shape index (κ2) is 3.45. The number of hydrogen-bond acceptors (Lipinski definition) is 3. The molecule has 0 aromatic heterocycles. The maximum Gasteiger partial charge on any atom is 0.404 e. The molecule has 0 unspecified atom stereocenters. The van der Waals surface area contributed by atoms with Crippen molar-refractivity contribution in [1.29, 1.82) is 0 Å². The maximum atomic E-state index is 12.8. The summed E-state index contributed by atoms with van der Waals surface area (Å²) in [5.41, 5.74) is 10.2. The van der Waals surface area contributed by atoms with Gasteiger partial charge in [-0.05, 0) is 6.42 Å². The zero-order valence-corrected chi connectivity index (χ0v) is 7.00. The lowest BCUT2D eigenvalue weighted by Gasteiger charge is -2.32. The number of nitrogens with two attached hydrogens (primary N) is 2. The Hall–Kier alpha value is -0.910. The summed E-state index contributed by atoms with van der Waals surface area (Å²) in [7, 11) is 0. The van der Waals surface area contributed by atoms with Crippen molar-refractivity contribution in [3.8, 4) is 0 Å². The highest BCUT2D eigenvalue weighted by Crippen LogP contribution is 2.33. The minimum atomic E-state index is -2.80. The molecule has 1 aliphatic carbocycles. The zero-order valence-electron chi connectivity index (χ0n) is 7.00. The quantitative estimate of drug-likeness (QED) is 0.641. The minimum absolute atomic E-state index is 0.144. The Morgan fingerprint density at radius 1 is 1.54 bits per heavy atom. The van der Waals surface area contributed by atoms with Crippen molar-refractivity contribution >= 4 is 6.09 Å². The Morgan fingerprint density at radius 3 is 2.69 bits per heavy atom. The van der Waals surface area contributed by atoms with Crippen LogP contribution < -0.4 is 11.5 Å². The summed E-state index contributed by atoms with van der Waals surface area (Å²) < 4.78 is 30.1. The standard InChI is InChI=1S/C7H12F2N2O2/c8-7(9)2-1-4(10)5(3-7)13-6(11)12/h4-5H,1-3,10H2,(H2,11,12)/t4-,5+/m1/s1. The molecule has 76 valence electrons. The number of amides is 1. The van der Waals surface area contributed by atoms with Crippen molar-refractivity contribution < 1.29 is 18.3 Å². The van der Waals surface area contributed by atoms with E-state index in [2.05, 4.69) is 4.74 Å². The monoisotopic (exact) mass is 194 g/mol. The van der Waals surface area contributed by atoms with E-state index in [1.807, 2.05) is 0 Å². The number of hydrogen-bond donors (Lipinski definition) is 2. The van der Waals surface area contributed by atoms with Gasteiger partial charge >= 0.3 is 6.09 Å². The van der Waals surface area contributed by atoms with Gasteiger partial charge in [-0.25, -0.2) is 13.6 Å². The number of alkyl halides is 2. The number of ether oxygens (including phenoxy) is 1. The predicted molar refractivity (Wildman–Crippen MR) is 41.2 cm³/mol. The van der Waals surface area contributed by atoms with E-state index in [0.717, 1.165) is 0 Å². The first kappa shape index (κ1) is 10.2. The van der Waals surface area contributed by atoms with Crippen molar-refractivity contribution in [3.05, 3.63) is 0 Å². The number of carbonyl (C=O) groups excluding carboxylic acids is 1. The van der Waals surface area contributed by atoms with Gasteiger partial charge in [0.25, 0.3) is 5.92 Å². The van der Waals surface area contributed by atoms with Crippen molar-refractivity contribution in [1.82, 2.24) is 0 Å². The van der Waals surface area contributed by atoms with E-state index in [4.69, 9.17) is 11.5 Å². The molecule has 6 heteroatoms. The molecule has 13 heavy (non-hydrogen) atoms. The highest BCUT2D eigenvalue weighted by molar-refractivity contribution is 5.64. The third kappa shape index (κ3) is 2.80. The van der Waals surface area contributed by atoms with Crippen molar-refractivity contribution in [3.63, 3.8) is 0 Å². The fourth-order valence-electron chi connectivity index (χ4n) is 1.39. The zero-order chi connectivity index (χ0) is 10.1. The lowest BCUT2D eigenvalue weighted by molar-refractivity contribution is -0.0840. The molecule has 1 aliphatic rings. The van der Waals surface area contributed by atoms with Crippen LogP contribution in [-0.4, -0.2) is 24.2 Å². The summed E-state index contributed by atoms with van der Waals surface area (Å²) >= 11 is 0. The molecule has 0 aromatic carbocycles. The molecule has 4 nitrogen and oxygen atoms in total. The molecule has 1 rings (SSSR count). The molecule has 0 bridgehead atoms. The number of carbonyl (C=O) groups is 1. The predicted octanol–water partition coefficient (Wildman–Crippen LogP) is 0.597. The lowest BCUT2D eigenvalue weighted by atomic mass is 9.90. The number of halogens is 2. The normalized spacial score (nSPS) is 32.5. The van der Waals surface area contributed by atoms with Crippen LogP contribution in [0.25, 0.3) is 0 Å². The fraction of sp³-hybridized carbons (Fsp3) is 0.857. The number of primary amides is 1. The smallest absolute Gasteiger partial charge is 0.404 e. The van der Waals surface area contributed by atoms with E-state index in [9.17, 15) is 13.6 Å². The maximum absolute atomic E-state index is 12.8. The Morgan fingerprint density at radius 2 is 2.15 bits per heavy atom. The van der Waals surface area contributed by atoms with Gasteiger partial charge in [0.2, 0.25) is 0 Å². The largest absolute Gasteiger partial charge is 0.445 e. The van der Waals surface area contributed by atoms with Crippen LogP contribution in [0, 0.1) is 0 Å². The van der Waals surface area contributed by atoms with E-state index in [-0.39, 0.29) is 12.8 Å². The first-order valence-corrected chi connectivity index (χ1v) is 4.00. The van der Waals surface area contributed by atoms with Gasteiger partial charge in [0.05, 0.1) is 0 Å². The lowest BCUT2D eigenvalue weighted by Crippen LogP contribution is -2.47. The third-order valence-corrected chi connectivity index (χ3v) is 2.09. The molecule has 2 atom stereocenters. The van der Waals surface area contributed by atoms with Gasteiger partial charge in [0.15, 0.2) is 0 Å². The molecule has 0 heterocycles. The Labute approximate surface area is 74.2 Å². The highest BCUT2D eigenvalue weighted by atomic mass is 19.3. The molecular weight excluding hydrogens is 182 g/mol. The van der Waals surface area contributed by atoms with Crippen molar-refractivity contribution in [2.24, 2.45) is 11.5 Å². The van der Waals surface area contributed by atoms with E-state index in [0.29, 0.717) is 0 Å². The van der Waals surface area contributed by atoms with Crippen LogP contribution in [0.3, 0.4) is 0 Å². The van der Waals surface area contributed by atoms with Gasteiger partial charge in [-0.2, -0.15) is 0 Å². The van der Waals surface area contributed by atoms with Crippen LogP contribution in [0.1, 0.15) is 19.3 Å². The van der Waals surface area contributed by atoms with Crippen molar-refractivity contribution in [2.45, 2.75) is 37.3 Å². The van der Waals surface area contributed by atoms with Gasteiger partial charge in [-0.3, -0.25) is 0 Å². The Kier molecular flexibility index (Phi) is 2.70. The van der Waals surface area contributed by atoms with E-state index in [1.165, 1.54) is 0 Å². The summed E-state index contributed by atoms with van der Waals surface area (Å²) in [4.78, 5) is 10.3. The van der Waals surface area contributed by atoms with Gasteiger partial charge < -0.3 is 16.2 Å². The highest BCUT2D eigenvalue weighted by Gasteiger charge is 2.41. The van der Waals surface area contributed by atoms with E-state index in [1.54, 1.807) is 0 Å². The average molecular weight is 194 g/mol. The first-order chi connectivity index (χ1) is 5.91. The summed E-state index contributed by atoms with van der Waals surface area (Å²) in [6, 6.07) is -0.535. The molecule has 4 N–H and O–H groups in total. The van der Waals surface area contributed by atoms with Crippen LogP contribution in [0.4, 0.5) is 13.6 Å². The summed E-state index contributed by atoms with van der Waals surface area (Å²) in [6.45, 7) is 0. The molecule has 0 saturated heterocycles. The molecule has 1 saturated carbocycles. The van der Waals surface area contributed by atoms with Gasteiger partial charge in [0.1, 0.15) is 6.10 Å². The van der Waals surface area contributed by atoms with Crippen molar-refractivity contribution in [2.75, 3.05) is 0 Å².